The zero-order chi connectivity index (χ0) is 24.6. The quantitative estimate of drug-likeness (QED) is 0.389. The molecule has 5 aromatic rings. The number of rotatable bonds is 5. The lowest BCUT2D eigenvalue weighted by Crippen LogP contribution is -2.24. The first-order chi connectivity index (χ1) is 16.8. The molecule has 0 aliphatic carbocycles. The lowest BCUT2D eigenvalue weighted by Gasteiger charge is -2.10. The largest absolute Gasteiger partial charge is 0.344 e. The minimum Gasteiger partial charge on any atom is -0.344 e. The maximum Gasteiger partial charge on any atom is 0.315 e. The topological polar surface area (TPSA) is 122 Å². The number of amides is 1. The summed E-state index contributed by atoms with van der Waals surface area (Å²) < 4.78 is 20.0. The van der Waals surface area contributed by atoms with Gasteiger partial charge in [0.2, 0.25) is 0 Å². The summed E-state index contributed by atoms with van der Waals surface area (Å²) in [5.41, 5.74) is 3.45. The summed E-state index contributed by atoms with van der Waals surface area (Å²) in [6.45, 7) is 5.71. The monoisotopic (exact) mass is 471 g/mol. The summed E-state index contributed by atoms with van der Waals surface area (Å²) in [5.74, 6) is -0.106. The number of carbonyl (C=O) groups is 1. The molecule has 176 valence electrons. The van der Waals surface area contributed by atoms with Gasteiger partial charge in [0.25, 0.3) is 0 Å². The number of aromatic nitrogens is 6. The highest BCUT2D eigenvalue weighted by Gasteiger charge is 2.24. The number of nitrogens with zero attached hydrogens (tertiary/aromatic N) is 5. The Morgan fingerprint density at radius 3 is 2.57 bits per heavy atom. The van der Waals surface area contributed by atoms with Crippen molar-refractivity contribution in [2.24, 2.45) is 0 Å². The van der Waals surface area contributed by atoms with Crippen LogP contribution in [0, 0.1) is 5.82 Å². The van der Waals surface area contributed by atoms with Crippen LogP contribution in [0.5, 0.6) is 0 Å². The first kappa shape index (κ1) is 22.3. The maximum atomic E-state index is 15.0. The fourth-order valence-corrected chi connectivity index (χ4v) is 3.52. The Labute approximate surface area is 199 Å². The van der Waals surface area contributed by atoms with Gasteiger partial charge in [0.1, 0.15) is 17.2 Å². The molecular formula is C25H22FN7O2. The van der Waals surface area contributed by atoms with E-state index in [1.54, 1.807) is 36.8 Å². The molecule has 0 aliphatic heterocycles. The molecule has 2 N–H and O–H groups in total. The van der Waals surface area contributed by atoms with Gasteiger partial charge in [-0.25, -0.2) is 14.4 Å². The van der Waals surface area contributed by atoms with Gasteiger partial charge in [-0.2, -0.15) is 4.98 Å². The van der Waals surface area contributed by atoms with Crippen LogP contribution in [0.1, 0.15) is 42.8 Å². The third-order valence-corrected chi connectivity index (χ3v) is 5.43. The van der Waals surface area contributed by atoms with Crippen molar-refractivity contribution in [2.75, 3.05) is 0 Å². The number of pyridine rings is 2. The van der Waals surface area contributed by atoms with Gasteiger partial charge in [-0.15, -0.1) is 0 Å². The highest BCUT2D eigenvalue weighted by molar-refractivity contribution is 5.91. The summed E-state index contributed by atoms with van der Waals surface area (Å²) in [5, 5.41) is 6.46. The van der Waals surface area contributed by atoms with Crippen molar-refractivity contribution >= 4 is 17.1 Å². The fraction of sp³-hybridized carbons (Fsp3) is 0.200. The van der Waals surface area contributed by atoms with Crippen molar-refractivity contribution in [3.8, 4) is 22.5 Å². The molecule has 35 heavy (non-hydrogen) atoms. The van der Waals surface area contributed by atoms with Crippen LogP contribution in [0.15, 0.2) is 59.5 Å². The van der Waals surface area contributed by atoms with Crippen molar-refractivity contribution in [2.45, 2.75) is 32.7 Å². The van der Waals surface area contributed by atoms with Crippen LogP contribution in [0.3, 0.4) is 0 Å². The molecule has 5 rings (SSSR count). The molecule has 4 aromatic heterocycles. The molecule has 0 saturated heterocycles. The third-order valence-electron chi connectivity index (χ3n) is 5.43. The van der Waals surface area contributed by atoms with Gasteiger partial charge in [-0.1, -0.05) is 38.1 Å². The smallest absolute Gasteiger partial charge is 0.315 e. The van der Waals surface area contributed by atoms with E-state index >= 15 is 0 Å². The Kier molecular flexibility index (Phi) is 5.56. The number of nitrogens with one attached hydrogen (secondary N) is 2. The van der Waals surface area contributed by atoms with Gasteiger partial charge >= 0.3 is 11.8 Å². The van der Waals surface area contributed by atoms with Gasteiger partial charge in [0.05, 0.1) is 0 Å². The van der Waals surface area contributed by atoms with Crippen LogP contribution in [0.4, 0.5) is 4.39 Å². The molecule has 4 heterocycles. The molecule has 0 radical (unpaired) electrons. The second-order valence-corrected chi connectivity index (χ2v) is 9.04. The van der Waals surface area contributed by atoms with Crippen molar-refractivity contribution in [1.29, 1.82) is 0 Å². The molecule has 9 nitrogen and oxygen atoms in total. The molecule has 0 bridgehead atoms. The molecule has 0 unspecified atom stereocenters. The number of hydrogen-bond donors (Lipinski definition) is 2. The van der Waals surface area contributed by atoms with Crippen LogP contribution in [-0.4, -0.2) is 36.0 Å². The zero-order valence-electron chi connectivity index (χ0n) is 19.3. The molecule has 0 aliphatic rings. The number of carbonyl (C=O) groups excluding carboxylic acids is 1. The van der Waals surface area contributed by atoms with E-state index in [-0.39, 0.29) is 17.9 Å². The molecule has 0 spiro atoms. The SMILES string of the molecule is CC(C)(C)c1noc(C(=O)NCc2ccc(-c3ccnc4[nH]c(-c5ccncc5)nc34)cc2F)n1. The standard InChI is InChI=1S/C25H22FN7O2/c1-25(2,3)24-32-23(35-33-24)22(34)29-13-16-5-4-15(12-18(16)26)17-8-11-28-21-19(17)30-20(31-21)14-6-9-27-10-7-14/h4-12H,13H2,1-3H3,(H,29,34)(H,28,30,31). The predicted octanol–water partition coefficient (Wildman–Crippen LogP) is 4.44. The van der Waals surface area contributed by atoms with Gasteiger partial charge in [-0.3, -0.25) is 9.78 Å². The number of benzene rings is 1. The minimum atomic E-state index is -0.563. The van der Waals surface area contributed by atoms with E-state index in [0.29, 0.717) is 33.9 Å². The van der Waals surface area contributed by atoms with Crippen molar-refractivity contribution < 1.29 is 13.7 Å². The second kappa shape index (κ2) is 8.71. The summed E-state index contributed by atoms with van der Waals surface area (Å²) in [4.78, 5) is 32.7. The number of hydrogen-bond acceptors (Lipinski definition) is 7. The van der Waals surface area contributed by atoms with Crippen LogP contribution in [-0.2, 0) is 12.0 Å². The number of imidazole rings is 1. The number of halogens is 1. The van der Waals surface area contributed by atoms with Crippen LogP contribution in [0.25, 0.3) is 33.7 Å². The highest BCUT2D eigenvalue weighted by atomic mass is 19.1. The van der Waals surface area contributed by atoms with E-state index in [4.69, 9.17) is 4.52 Å². The van der Waals surface area contributed by atoms with E-state index in [1.807, 2.05) is 32.9 Å². The molecule has 0 fully saturated rings. The summed E-state index contributed by atoms with van der Waals surface area (Å²) in [6, 6.07) is 10.3. The molecule has 10 heteroatoms. The predicted molar refractivity (Wildman–Crippen MR) is 127 cm³/mol. The number of H-pyrrole nitrogens is 1. The van der Waals surface area contributed by atoms with E-state index in [9.17, 15) is 9.18 Å². The molecule has 0 saturated carbocycles. The number of fused-ring (bicyclic) bond motifs is 1. The van der Waals surface area contributed by atoms with Gasteiger partial charge < -0.3 is 14.8 Å². The fourth-order valence-electron chi connectivity index (χ4n) is 3.52. The Morgan fingerprint density at radius 2 is 1.86 bits per heavy atom. The lowest BCUT2D eigenvalue weighted by molar-refractivity contribution is 0.0906. The van der Waals surface area contributed by atoms with Gasteiger partial charge in [0.15, 0.2) is 11.5 Å². The van der Waals surface area contributed by atoms with E-state index < -0.39 is 11.7 Å². The number of aromatic amines is 1. The van der Waals surface area contributed by atoms with Crippen molar-refractivity contribution in [3.05, 3.63) is 78.1 Å². The highest BCUT2D eigenvalue weighted by Crippen LogP contribution is 2.29. The summed E-state index contributed by atoms with van der Waals surface area (Å²) >= 11 is 0. The Balaban J connectivity index is 1.36. The second-order valence-electron chi connectivity index (χ2n) is 9.04. The Morgan fingerprint density at radius 1 is 1.06 bits per heavy atom. The average molecular weight is 471 g/mol. The maximum absolute atomic E-state index is 15.0. The lowest BCUT2D eigenvalue weighted by atomic mass is 9.96. The van der Waals surface area contributed by atoms with Gasteiger partial charge in [-0.05, 0) is 29.8 Å². The summed E-state index contributed by atoms with van der Waals surface area (Å²) in [7, 11) is 0. The molecule has 0 atom stereocenters. The molecular weight excluding hydrogens is 449 g/mol. The third kappa shape index (κ3) is 4.50. The molecule has 1 aromatic carbocycles. The average Bonchev–Trinajstić information content (AvgIpc) is 3.51. The normalized spacial score (nSPS) is 11.7. The van der Waals surface area contributed by atoms with E-state index in [0.717, 1.165) is 11.1 Å². The first-order valence-electron chi connectivity index (χ1n) is 11.0. The summed E-state index contributed by atoms with van der Waals surface area (Å²) in [6.07, 6.45) is 5.02. The van der Waals surface area contributed by atoms with Crippen molar-refractivity contribution in [3.63, 3.8) is 0 Å². The minimum absolute atomic E-state index is 0.0292. The van der Waals surface area contributed by atoms with Crippen molar-refractivity contribution in [1.82, 2.24) is 35.4 Å². The Bertz CT molecular complexity index is 1520. The van der Waals surface area contributed by atoms with Gasteiger partial charge in [0, 0.05) is 47.2 Å². The zero-order valence-corrected chi connectivity index (χ0v) is 19.3. The van der Waals surface area contributed by atoms with E-state index in [1.165, 1.54) is 6.07 Å². The first-order valence-corrected chi connectivity index (χ1v) is 11.0. The van der Waals surface area contributed by atoms with E-state index in [2.05, 4.69) is 35.4 Å². The Hall–Kier alpha value is -4.47. The molecule has 1 amide bonds. The van der Waals surface area contributed by atoms with Crippen LogP contribution in [0.2, 0.25) is 0 Å². The van der Waals surface area contributed by atoms with Crippen LogP contribution < -0.4 is 5.32 Å². The van der Waals surface area contributed by atoms with Crippen LogP contribution >= 0.6 is 0 Å².